The van der Waals surface area contributed by atoms with Gasteiger partial charge in [0.25, 0.3) is 0 Å². The highest BCUT2D eigenvalue weighted by atomic mass is 16.5. The molecule has 39 heavy (non-hydrogen) atoms. The number of rotatable bonds is 11. The summed E-state index contributed by atoms with van der Waals surface area (Å²) in [5.41, 5.74) is 5.90. The summed E-state index contributed by atoms with van der Waals surface area (Å²) in [5.74, 6) is 0.907. The highest BCUT2D eigenvalue weighted by Gasteiger charge is 2.31. The van der Waals surface area contributed by atoms with Gasteiger partial charge in [-0.05, 0) is 59.7 Å². The van der Waals surface area contributed by atoms with Crippen molar-refractivity contribution in [2.24, 2.45) is 0 Å². The maximum absolute atomic E-state index is 11.6. The van der Waals surface area contributed by atoms with Crippen molar-refractivity contribution in [3.05, 3.63) is 95.1 Å². The predicted molar refractivity (Wildman–Crippen MR) is 149 cm³/mol. The number of carbonyl (C=O) groups is 1. The van der Waals surface area contributed by atoms with Crippen LogP contribution in [0.1, 0.15) is 47.4 Å². The Kier molecular flexibility index (Phi) is 9.35. The van der Waals surface area contributed by atoms with E-state index in [4.69, 9.17) is 14.2 Å². The number of anilines is 1. The standard InChI is InChI=1S/C32H38N2O5/c35-32(36)34-17-15-29(31(21-34)39-23-25-9-10-27-8-4-16-33-30(27)20-25)26-11-13-28(14-12-26)38-19-5-18-37-22-24-6-2-1-3-7-24/h1-3,6-7,9-14,20,29,31,33H,4-5,8,15-19,21-23H2,(H,35,36)/p-1. The Bertz CT molecular complexity index is 1200. The highest BCUT2D eigenvalue weighted by Crippen LogP contribution is 2.32. The molecule has 0 spiro atoms. The van der Waals surface area contributed by atoms with Crippen molar-refractivity contribution in [2.75, 3.05) is 38.2 Å². The SMILES string of the molecule is O=C([O-])N1CCC(c2ccc(OCCCOCc3ccccc3)cc2)C(OCc2ccc3c(c2)NCCC3)C1. The Morgan fingerprint density at radius 3 is 2.64 bits per heavy atom. The van der Waals surface area contributed by atoms with Gasteiger partial charge in [0, 0.05) is 37.7 Å². The van der Waals surface area contributed by atoms with Crippen LogP contribution in [-0.2, 0) is 29.1 Å². The molecular formula is C32H37N2O5-. The lowest BCUT2D eigenvalue weighted by Gasteiger charge is -2.40. The van der Waals surface area contributed by atoms with E-state index in [0.29, 0.717) is 45.9 Å². The molecule has 7 heteroatoms. The highest BCUT2D eigenvalue weighted by molar-refractivity contribution is 5.62. The van der Waals surface area contributed by atoms with E-state index in [1.165, 1.54) is 21.7 Å². The summed E-state index contributed by atoms with van der Waals surface area (Å²) in [5, 5.41) is 15.1. The maximum Gasteiger partial charge on any atom is 0.137 e. The van der Waals surface area contributed by atoms with E-state index >= 15 is 0 Å². The molecule has 2 aliphatic heterocycles. The zero-order chi connectivity index (χ0) is 26.9. The van der Waals surface area contributed by atoms with Crippen molar-refractivity contribution >= 4 is 11.8 Å². The summed E-state index contributed by atoms with van der Waals surface area (Å²) in [4.78, 5) is 12.9. The molecule has 1 amide bonds. The van der Waals surface area contributed by atoms with Gasteiger partial charge in [0.15, 0.2) is 0 Å². The first-order valence-corrected chi connectivity index (χ1v) is 13.9. The largest absolute Gasteiger partial charge is 0.530 e. The lowest BCUT2D eigenvalue weighted by atomic mass is 9.87. The third kappa shape index (κ3) is 7.52. The number of hydrogen-bond acceptors (Lipinski definition) is 6. The van der Waals surface area contributed by atoms with E-state index in [9.17, 15) is 9.90 Å². The van der Waals surface area contributed by atoms with Crippen LogP contribution in [0.15, 0.2) is 72.8 Å². The molecule has 2 atom stereocenters. The van der Waals surface area contributed by atoms with Crippen LogP contribution in [-0.4, -0.2) is 49.9 Å². The molecule has 3 aromatic rings. The average Bonchev–Trinajstić information content (AvgIpc) is 2.98. The average molecular weight is 530 g/mol. The van der Waals surface area contributed by atoms with Crippen molar-refractivity contribution in [3.8, 4) is 5.75 Å². The fourth-order valence-corrected chi connectivity index (χ4v) is 5.36. The van der Waals surface area contributed by atoms with E-state index in [-0.39, 0.29) is 12.0 Å². The molecular weight excluding hydrogens is 492 g/mol. The number of carbonyl (C=O) groups excluding carboxylic acids is 1. The second-order valence-corrected chi connectivity index (χ2v) is 10.3. The Balaban J connectivity index is 1.13. The molecule has 0 bridgehead atoms. The van der Waals surface area contributed by atoms with Crippen LogP contribution in [0.4, 0.5) is 10.5 Å². The second-order valence-electron chi connectivity index (χ2n) is 10.3. The molecule has 206 valence electrons. The molecule has 1 fully saturated rings. The number of benzene rings is 3. The van der Waals surface area contributed by atoms with Gasteiger partial charge in [0.2, 0.25) is 0 Å². The van der Waals surface area contributed by atoms with Gasteiger partial charge < -0.3 is 34.3 Å². The van der Waals surface area contributed by atoms with E-state index < -0.39 is 6.09 Å². The van der Waals surface area contributed by atoms with Crippen molar-refractivity contribution in [1.29, 1.82) is 0 Å². The van der Waals surface area contributed by atoms with Gasteiger partial charge >= 0.3 is 0 Å². The minimum Gasteiger partial charge on any atom is -0.530 e. The van der Waals surface area contributed by atoms with Gasteiger partial charge in [-0.25, -0.2) is 0 Å². The summed E-state index contributed by atoms with van der Waals surface area (Å²) in [6, 6.07) is 24.7. The van der Waals surface area contributed by atoms with Gasteiger partial charge in [-0.15, -0.1) is 0 Å². The van der Waals surface area contributed by atoms with Crippen molar-refractivity contribution < 1.29 is 24.1 Å². The molecule has 3 aromatic carbocycles. The van der Waals surface area contributed by atoms with Crippen molar-refractivity contribution in [1.82, 2.24) is 4.90 Å². The van der Waals surface area contributed by atoms with Crippen LogP contribution in [0.25, 0.3) is 0 Å². The predicted octanol–water partition coefficient (Wildman–Crippen LogP) is 4.75. The van der Waals surface area contributed by atoms with E-state index in [1.807, 2.05) is 30.3 Å². The molecule has 5 rings (SSSR count). The maximum atomic E-state index is 11.6. The number of nitrogens with zero attached hydrogens (tertiary/aromatic N) is 1. The summed E-state index contributed by atoms with van der Waals surface area (Å²) < 4.78 is 18.0. The Labute approximate surface area is 230 Å². The molecule has 2 unspecified atom stereocenters. The summed E-state index contributed by atoms with van der Waals surface area (Å²) in [6.45, 7) is 4.00. The molecule has 0 saturated carbocycles. The first-order valence-electron chi connectivity index (χ1n) is 13.9. The fourth-order valence-electron chi connectivity index (χ4n) is 5.36. The molecule has 0 radical (unpaired) electrons. The van der Waals surface area contributed by atoms with Gasteiger partial charge in [-0.1, -0.05) is 54.6 Å². The molecule has 2 heterocycles. The number of piperidine rings is 1. The van der Waals surface area contributed by atoms with Gasteiger partial charge in [-0.3, -0.25) is 0 Å². The number of likely N-dealkylation sites (tertiary alicyclic amines) is 1. The zero-order valence-corrected chi connectivity index (χ0v) is 22.3. The van der Waals surface area contributed by atoms with Crippen LogP contribution in [0.2, 0.25) is 0 Å². The second kappa shape index (κ2) is 13.5. The summed E-state index contributed by atoms with van der Waals surface area (Å²) in [6.07, 6.45) is 2.34. The summed E-state index contributed by atoms with van der Waals surface area (Å²) in [7, 11) is 0. The third-order valence-electron chi connectivity index (χ3n) is 7.52. The van der Waals surface area contributed by atoms with E-state index in [1.54, 1.807) is 0 Å². The number of fused-ring (bicyclic) bond motifs is 1. The topological polar surface area (TPSA) is 83.1 Å². The fraction of sp³-hybridized carbons (Fsp3) is 0.406. The van der Waals surface area contributed by atoms with Crippen molar-refractivity contribution in [2.45, 2.75) is 50.9 Å². The van der Waals surface area contributed by atoms with Crippen LogP contribution in [0, 0.1) is 0 Å². The number of carboxylic acid groups (broad SMARTS) is 1. The van der Waals surface area contributed by atoms with Crippen LogP contribution in [0.5, 0.6) is 5.75 Å². The Morgan fingerprint density at radius 1 is 0.974 bits per heavy atom. The Hall–Kier alpha value is -3.55. The lowest BCUT2D eigenvalue weighted by Crippen LogP contribution is -2.51. The molecule has 7 nitrogen and oxygen atoms in total. The van der Waals surface area contributed by atoms with Gasteiger partial charge in [0.1, 0.15) is 11.8 Å². The molecule has 1 saturated heterocycles. The number of hydrogen-bond donors (Lipinski definition) is 1. The first-order chi connectivity index (χ1) is 19.2. The number of ether oxygens (including phenoxy) is 3. The minimum atomic E-state index is -1.14. The van der Waals surface area contributed by atoms with Crippen LogP contribution in [0.3, 0.4) is 0 Å². The third-order valence-corrected chi connectivity index (χ3v) is 7.52. The van der Waals surface area contributed by atoms with E-state index in [2.05, 4.69) is 47.8 Å². The zero-order valence-electron chi connectivity index (χ0n) is 22.3. The molecule has 0 aromatic heterocycles. The van der Waals surface area contributed by atoms with E-state index in [0.717, 1.165) is 42.7 Å². The van der Waals surface area contributed by atoms with Crippen LogP contribution >= 0.6 is 0 Å². The number of nitrogens with one attached hydrogen (secondary N) is 1. The smallest absolute Gasteiger partial charge is 0.137 e. The quantitative estimate of drug-likeness (QED) is 0.361. The number of aryl methyl sites for hydroxylation is 1. The van der Waals surface area contributed by atoms with Crippen molar-refractivity contribution in [3.63, 3.8) is 0 Å². The van der Waals surface area contributed by atoms with Gasteiger partial charge in [-0.2, -0.15) is 0 Å². The Morgan fingerprint density at radius 2 is 1.82 bits per heavy atom. The van der Waals surface area contributed by atoms with Gasteiger partial charge in [0.05, 0.1) is 32.5 Å². The number of amides is 1. The lowest BCUT2D eigenvalue weighted by molar-refractivity contribution is -0.268. The normalized spacial score (nSPS) is 18.7. The molecule has 0 aliphatic carbocycles. The minimum absolute atomic E-state index is 0.0942. The molecule has 1 N–H and O–H groups in total. The first kappa shape index (κ1) is 27.0. The monoisotopic (exact) mass is 529 g/mol. The molecule has 2 aliphatic rings. The summed E-state index contributed by atoms with van der Waals surface area (Å²) >= 11 is 0. The van der Waals surface area contributed by atoms with Crippen LogP contribution < -0.4 is 15.2 Å².